The topological polar surface area (TPSA) is 123 Å². The molecule has 0 radical (unpaired) electrons. The summed E-state index contributed by atoms with van der Waals surface area (Å²) in [4.78, 5) is 52.9. The Labute approximate surface area is 218 Å². The van der Waals surface area contributed by atoms with Crippen molar-refractivity contribution in [2.24, 2.45) is 0 Å². The molecule has 0 aromatic heterocycles. The Bertz CT molecular complexity index is 1320. The first-order valence-corrected chi connectivity index (χ1v) is 11.5. The standard InChI is InChI=1S/C28H25N3O7/c1-36-27(34)23-16-38-17-31(24(23)28(35)37-2)22-14-18(25(32)29-20-9-5-3-6-10-20)13-19(15-22)26(33)30-21-11-7-4-8-12-21/h3-15H,16-17H2,1-2H3,(H,29,32)(H,30,33). The fourth-order valence-electron chi connectivity index (χ4n) is 3.83. The fourth-order valence-corrected chi connectivity index (χ4v) is 3.83. The minimum Gasteiger partial charge on any atom is -0.466 e. The van der Waals surface area contributed by atoms with Crippen molar-refractivity contribution in [1.82, 2.24) is 0 Å². The highest BCUT2D eigenvalue weighted by Crippen LogP contribution is 2.29. The summed E-state index contributed by atoms with van der Waals surface area (Å²) in [6.07, 6.45) is 0. The van der Waals surface area contributed by atoms with E-state index in [0.29, 0.717) is 11.4 Å². The lowest BCUT2D eigenvalue weighted by Gasteiger charge is -2.31. The summed E-state index contributed by atoms with van der Waals surface area (Å²) in [5.74, 6) is -2.54. The minimum absolute atomic E-state index is 0.0555. The van der Waals surface area contributed by atoms with Crippen LogP contribution >= 0.6 is 0 Å². The lowest BCUT2D eigenvalue weighted by molar-refractivity contribution is -0.140. The summed E-state index contributed by atoms with van der Waals surface area (Å²) in [6.45, 7) is -0.322. The lowest BCUT2D eigenvalue weighted by atomic mass is 10.0. The second-order valence-electron chi connectivity index (χ2n) is 8.12. The van der Waals surface area contributed by atoms with E-state index in [9.17, 15) is 19.2 Å². The smallest absolute Gasteiger partial charge is 0.355 e. The number of nitrogens with zero attached hydrogens (tertiary/aromatic N) is 1. The van der Waals surface area contributed by atoms with Crippen LogP contribution < -0.4 is 15.5 Å². The van der Waals surface area contributed by atoms with Gasteiger partial charge in [-0.1, -0.05) is 36.4 Å². The number of anilines is 3. The van der Waals surface area contributed by atoms with E-state index in [1.165, 1.54) is 37.3 Å². The van der Waals surface area contributed by atoms with Crippen LogP contribution in [0.15, 0.2) is 90.1 Å². The number of carbonyl (C=O) groups excluding carboxylic acids is 4. The molecule has 0 saturated heterocycles. The molecule has 4 rings (SSSR count). The van der Waals surface area contributed by atoms with Crippen LogP contribution in [-0.4, -0.2) is 51.3 Å². The summed E-state index contributed by atoms with van der Waals surface area (Å²) in [5.41, 5.74) is 1.48. The van der Waals surface area contributed by atoms with Gasteiger partial charge >= 0.3 is 11.9 Å². The minimum atomic E-state index is -0.803. The molecule has 0 unspecified atom stereocenters. The number of benzene rings is 3. The Balaban J connectivity index is 1.80. The molecule has 0 fully saturated rings. The summed E-state index contributed by atoms with van der Waals surface area (Å²) in [7, 11) is 2.37. The second-order valence-corrected chi connectivity index (χ2v) is 8.12. The number of ether oxygens (including phenoxy) is 3. The molecule has 38 heavy (non-hydrogen) atoms. The Kier molecular flexibility index (Phi) is 8.14. The van der Waals surface area contributed by atoms with Crippen molar-refractivity contribution >= 4 is 40.8 Å². The zero-order valence-corrected chi connectivity index (χ0v) is 20.7. The first-order valence-electron chi connectivity index (χ1n) is 11.5. The van der Waals surface area contributed by atoms with Gasteiger partial charge in [-0.05, 0) is 42.5 Å². The molecular formula is C28H25N3O7. The van der Waals surface area contributed by atoms with Crippen molar-refractivity contribution in [2.45, 2.75) is 0 Å². The van der Waals surface area contributed by atoms with E-state index in [0.717, 1.165) is 0 Å². The van der Waals surface area contributed by atoms with Crippen molar-refractivity contribution in [3.8, 4) is 0 Å². The molecular weight excluding hydrogens is 490 g/mol. The third-order valence-corrected chi connectivity index (χ3v) is 5.65. The van der Waals surface area contributed by atoms with Crippen LogP contribution in [0.5, 0.6) is 0 Å². The van der Waals surface area contributed by atoms with Gasteiger partial charge in [-0.15, -0.1) is 0 Å². The molecule has 1 aliphatic rings. The number of hydrogen-bond acceptors (Lipinski definition) is 8. The lowest BCUT2D eigenvalue weighted by Crippen LogP contribution is -2.39. The Morgan fingerprint density at radius 3 is 1.71 bits per heavy atom. The molecule has 0 saturated carbocycles. The Hall–Kier alpha value is -4.96. The van der Waals surface area contributed by atoms with Crippen molar-refractivity contribution in [3.63, 3.8) is 0 Å². The van der Waals surface area contributed by atoms with Crippen LogP contribution in [0.25, 0.3) is 0 Å². The highest BCUT2D eigenvalue weighted by Gasteiger charge is 2.33. The van der Waals surface area contributed by atoms with Gasteiger partial charge in [0.1, 0.15) is 12.4 Å². The normalized spacial score (nSPS) is 12.9. The maximum Gasteiger partial charge on any atom is 0.355 e. The van der Waals surface area contributed by atoms with E-state index in [1.807, 2.05) is 12.1 Å². The summed E-state index contributed by atoms with van der Waals surface area (Å²) in [6, 6.07) is 22.1. The molecule has 1 heterocycles. The van der Waals surface area contributed by atoms with Crippen LogP contribution in [0.4, 0.5) is 17.1 Å². The molecule has 0 spiro atoms. The zero-order chi connectivity index (χ0) is 27.1. The van der Waals surface area contributed by atoms with Gasteiger partial charge in [0.15, 0.2) is 0 Å². The summed E-state index contributed by atoms with van der Waals surface area (Å²) >= 11 is 0. The predicted molar refractivity (Wildman–Crippen MR) is 140 cm³/mol. The number of esters is 2. The molecule has 10 nitrogen and oxygen atoms in total. The average Bonchev–Trinajstić information content (AvgIpc) is 2.96. The van der Waals surface area contributed by atoms with E-state index < -0.39 is 23.8 Å². The summed E-state index contributed by atoms with van der Waals surface area (Å²) in [5, 5.41) is 5.57. The highest BCUT2D eigenvalue weighted by molar-refractivity contribution is 6.10. The van der Waals surface area contributed by atoms with E-state index in [-0.39, 0.29) is 41.4 Å². The zero-order valence-electron chi connectivity index (χ0n) is 20.7. The number of rotatable bonds is 7. The largest absolute Gasteiger partial charge is 0.466 e. The monoisotopic (exact) mass is 515 g/mol. The number of carbonyl (C=O) groups is 4. The van der Waals surface area contributed by atoms with Gasteiger partial charge in [-0.3, -0.25) is 9.59 Å². The summed E-state index contributed by atoms with van der Waals surface area (Å²) < 4.78 is 15.3. The van der Waals surface area contributed by atoms with Gasteiger partial charge < -0.3 is 29.7 Å². The van der Waals surface area contributed by atoms with Crippen molar-refractivity contribution in [3.05, 3.63) is 101 Å². The average molecular weight is 516 g/mol. The SMILES string of the molecule is COC(=O)C1=C(C(=O)OC)N(c2cc(C(=O)Nc3ccccc3)cc(C(=O)Nc3ccccc3)c2)COC1. The second kappa shape index (κ2) is 11.8. The van der Waals surface area contributed by atoms with Crippen LogP contribution in [0.1, 0.15) is 20.7 Å². The van der Waals surface area contributed by atoms with Crippen LogP contribution in [-0.2, 0) is 23.8 Å². The third-order valence-electron chi connectivity index (χ3n) is 5.65. The van der Waals surface area contributed by atoms with Gasteiger partial charge in [0.25, 0.3) is 11.8 Å². The van der Waals surface area contributed by atoms with Crippen LogP contribution in [0.3, 0.4) is 0 Å². The molecule has 194 valence electrons. The van der Waals surface area contributed by atoms with Crippen molar-refractivity contribution in [1.29, 1.82) is 0 Å². The van der Waals surface area contributed by atoms with Gasteiger partial charge in [0, 0.05) is 28.2 Å². The molecule has 3 aromatic rings. The number of amides is 2. The molecule has 2 N–H and O–H groups in total. The molecule has 10 heteroatoms. The predicted octanol–water partition coefficient (Wildman–Crippen LogP) is 3.59. The molecule has 0 bridgehead atoms. The quantitative estimate of drug-likeness (QED) is 0.458. The first kappa shape index (κ1) is 26.1. The molecule has 0 atom stereocenters. The van der Waals surface area contributed by atoms with Crippen LogP contribution in [0.2, 0.25) is 0 Å². The highest BCUT2D eigenvalue weighted by atomic mass is 16.5. The first-order chi connectivity index (χ1) is 18.4. The van der Waals surface area contributed by atoms with Gasteiger partial charge in [-0.25, -0.2) is 9.59 Å². The number of methoxy groups -OCH3 is 2. The van der Waals surface area contributed by atoms with E-state index >= 15 is 0 Å². The maximum absolute atomic E-state index is 13.2. The number of para-hydroxylation sites is 2. The Morgan fingerprint density at radius 1 is 0.737 bits per heavy atom. The number of nitrogens with one attached hydrogen (secondary N) is 2. The maximum atomic E-state index is 13.2. The molecule has 3 aromatic carbocycles. The van der Waals surface area contributed by atoms with E-state index in [4.69, 9.17) is 14.2 Å². The van der Waals surface area contributed by atoms with E-state index in [1.54, 1.807) is 48.5 Å². The Morgan fingerprint density at radius 2 is 1.24 bits per heavy atom. The third kappa shape index (κ3) is 5.88. The van der Waals surface area contributed by atoms with Gasteiger partial charge in [0.2, 0.25) is 0 Å². The van der Waals surface area contributed by atoms with Gasteiger partial charge in [0.05, 0.1) is 26.4 Å². The van der Waals surface area contributed by atoms with Crippen molar-refractivity contribution in [2.75, 3.05) is 43.1 Å². The fraction of sp³-hybridized carbons (Fsp3) is 0.143. The number of hydrogen-bond donors (Lipinski definition) is 2. The van der Waals surface area contributed by atoms with Gasteiger partial charge in [-0.2, -0.15) is 0 Å². The molecule has 2 amide bonds. The molecule has 1 aliphatic heterocycles. The molecule has 0 aliphatic carbocycles. The van der Waals surface area contributed by atoms with Crippen LogP contribution in [0, 0.1) is 0 Å². The van der Waals surface area contributed by atoms with E-state index in [2.05, 4.69) is 10.6 Å². The van der Waals surface area contributed by atoms with Crippen molar-refractivity contribution < 1.29 is 33.4 Å².